The Labute approximate surface area is 97.2 Å². The molecule has 1 aromatic carbocycles. The van der Waals surface area contributed by atoms with Gasteiger partial charge in [0.25, 0.3) is 0 Å². The largest absolute Gasteiger partial charge is 0.487 e. The van der Waals surface area contributed by atoms with Crippen molar-refractivity contribution in [2.45, 2.75) is 18.9 Å². The Kier molecular flexibility index (Phi) is 3.46. The monoisotopic (exact) mass is 220 g/mol. The van der Waals surface area contributed by atoms with Crippen LogP contribution in [0.25, 0.3) is 0 Å². The fourth-order valence-electron chi connectivity index (χ4n) is 2.02. The van der Waals surface area contributed by atoms with Crippen molar-refractivity contribution in [2.24, 2.45) is 5.73 Å². The van der Waals surface area contributed by atoms with Gasteiger partial charge in [-0.3, -0.25) is 4.90 Å². The van der Waals surface area contributed by atoms with Crippen LogP contribution in [0.1, 0.15) is 18.4 Å². The summed E-state index contributed by atoms with van der Waals surface area (Å²) in [6, 6.07) is 8.21. The van der Waals surface area contributed by atoms with E-state index in [2.05, 4.69) is 24.9 Å². The average Bonchev–Trinajstić information content (AvgIpc) is 2.27. The molecule has 0 amide bonds. The van der Waals surface area contributed by atoms with Gasteiger partial charge in [-0.1, -0.05) is 25.1 Å². The number of rotatable bonds is 4. The summed E-state index contributed by atoms with van der Waals surface area (Å²) in [6.45, 7) is 4.83. The molecule has 1 heterocycles. The second kappa shape index (κ2) is 4.85. The summed E-state index contributed by atoms with van der Waals surface area (Å²) in [7, 11) is 2.11. The molecular formula is C13H20N2O. The highest BCUT2D eigenvalue weighted by atomic mass is 16.5. The Hall–Kier alpha value is -1.06. The van der Waals surface area contributed by atoms with Gasteiger partial charge in [-0.2, -0.15) is 0 Å². The zero-order chi connectivity index (χ0) is 11.5. The molecule has 1 fully saturated rings. The Morgan fingerprint density at radius 2 is 2.12 bits per heavy atom. The molecule has 0 spiro atoms. The van der Waals surface area contributed by atoms with Crippen molar-refractivity contribution in [3.63, 3.8) is 0 Å². The summed E-state index contributed by atoms with van der Waals surface area (Å²) in [4.78, 5) is 2.25. The molecule has 16 heavy (non-hydrogen) atoms. The van der Waals surface area contributed by atoms with E-state index in [4.69, 9.17) is 10.5 Å². The number of nitrogens with zero attached hydrogens (tertiary/aromatic N) is 1. The van der Waals surface area contributed by atoms with Gasteiger partial charge in [0, 0.05) is 13.1 Å². The quantitative estimate of drug-likeness (QED) is 0.834. The highest BCUT2D eigenvalue weighted by molar-refractivity contribution is 5.36. The van der Waals surface area contributed by atoms with E-state index in [1.807, 2.05) is 18.2 Å². The van der Waals surface area contributed by atoms with Crippen molar-refractivity contribution in [3.8, 4) is 5.75 Å². The van der Waals surface area contributed by atoms with Crippen LogP contribution in [-0.4, -0.2) is 37.7 Å². The molecule has 1 aromatic rings. The maximum absolute atomic E-state index is 5.98. The average molecular weight is 220 g/mol. The van der Waals surface area contributed by atoms with Crippen LogP contribution in [0.2, 0.25) is 0 Å². The molecule has 0 saturated carbocycles. The van der Waals surface area contributed by atoms with Gasteiger partial charge in [-0.25, -0.2) is 0 Å². The Balaban J connectivity index is 2.07. The van der Waals surface area contributed by atoms with Gasteiger partial charge in [-0.15, -0.1) is 0 Å². The van der Waals surface area contributed by atoms with Crippen molar-refractivity contribution < 1.29 is 4.74 Å². The lowest BCUT2D eigenvalue weighted by atomic mass is 10.0. The number of likely N-dealkylation sites (tertiary alicyclic amines) is 1. The van der Waals surface area contributed by atoms with Crippen molar-refractivity contribution >= 4 is 0 Å². The summed E-state index contributed by atoms with van der Waals surface area (Å²) >= 11 is 0. The number of hydrogen-bond acceptors (Lipinski definition) is 3. The normalized spacial score (nSPS) is 19.2. The first-order valence-corrected chi connectivity index (χ1v) is 5.85. The molecule has 1 aliphatic heterocycles. The van der Waals surface area contributed by atoms with Gasteiger partial charge in [0.15, 0.2) is 0 Å². The van der Waals surface area contributed by atoms with Crippen molar-refractivity contribution in [1.29, 1.82) is 0 Å². The summed E-state index contributed by atoms with van der Waals surface area (Å²) in [5, 5.41) is 0. The topological polar surface area (TPSA) is 38.5 Å². The van der Waals surface area contributed by atoms with Gasteiger partial charge < -0.3 is 10.5 Å². The fraction of sp³-hybridized carbons (Fsp3) is 0.538. The highest BCUT2D eigenvalue weighted by Crippen LogP contribution is 2.27. The first kappa shape index (κ1) is 11.4. The second-order valence-electron chi connectivity index (χ2n) is 4.64. The fourth-order valence-corrected chi connectivity index (χ4v) is 2.02. The molecule has 88 valence electrons. The zero-order valence-electron chi connectivity index (χ0n) is 10.0. The predicted octanol–water partition coefficient (Wildman–Crippen LogP) is 1.44. The SMILES string of the molecule is CC(CN)c1ccccc1OC1CN(C)C1. The van der Waals surface area contributed by atoms with Gasteiger partial charge in [0.2, 0.25) is 0 Å². The molecule has 2 rings (SSSR count). The maximum atomic E-state index is 5.98. The van der Waals surface area contributed by atoms with E-state index in [9.17, 15) is 0 Å². The lowest BCUT2D eigenvalue weighted by molar-refractivity contribution is 0.0380. The molecular weight excluding hydrogens is 200 g/mol. The van der Waals surface area contributed by atoms with Crippen LogP contribution in [0.3, 0.4) is 0 Å². The summed E-state index contributed by atoms with van der Waals surface area (Å²) in [5.74, 6) is 1.35. The van der Waals surface area contributed by atoms with Crippen LogP contribution < -0.4 is 10.5 Å². The van der Waals surface area contributed by atoms with Crippen LogP contribution in [0.5, 0.6) is 5.75 Å². The smallest absolute Gasteiger partial charge is 0.124 e. The van der Waals surface area contributed by atoms with Crippen LogP contribution in [-0.2, 0) is 0 Å². The Morgan fingerprint density at radius 3 is 2.75 bits per heavy atom. The molecule has 3 nitrogen and oxygen atoms in total. The maximum Gasteiger partial charge on any atom is 0.124 e. The third kappa shape index (κ3) is 2.36. The van der Waals surface area contributed by atoms with Gasteiger partial charge in [0.1, 0.15) is 11.9 Å². The molecule has 3 heteroatoms. The van der Waals surface area contributed by atoms with Crippen LogP contribution in [0.15, 0.2) is 24.3 Å². The third-order valence-corrected chi connectivity index (χ3v) is 3.13. The Morgan fingerprint density at radius 1 is 1.44 bits per heavy atom. The summed E-state index contributed by atoms with van der Waals surface area (Å²) < 4.78 is 5.98. The molecule has 1 atom stereocenters. The van der Waals surface area contributed by atoms with Gasteiger partial charge >= 0.3 is 0 Å². The second-order valence-corrected chi connectivity index (χ2v) is 4.64. The zero-order valence-corrected chi connectivity index (χ0v) is 10.0. The lowest BCUT2D eigenvalue weighted by Crippen LogP contribution is -2.51. The first-order valence-electron chi connectivity index (χ1n) is 5.85. The van der Waals surface area contributed by atoms with Crippen LogP contribution >= 0.6 is 0 Å². The minimum Gasteiger partial charge on any atom is -0.487 e. The van der Waals surface area contributed by atoms with E-state index in [0.29, 0.717) is 18.6 Å². The van der Waals surface area contributed by atoms with E-state index in [-0.39, 0.29) is 0 Å². The van der Waals surface area contributed by atoms with Crippen LogP contribution in [0.4, 0.5) is 0 Å². The molecule has 0 bridgehead atoms. The van der Waals surface area contributed by atoms with Crippen molar-refractivity contribution in [1.82, 2.24) is 4.90 Å². The minimum atomic E-state index is 0.344. The van der Waals surface area contributed by atoms with Crippen molar-refractivity contribution in [3.05, 3.63) is 29.8 Å². The summed E-state index contributed by atoms with van der Waals surface area (Å²) in [5.41, 5.74) is 6.93. The van der Waals surface area contributed by atoms with E-state index in [1.165, 1.54) is 5.56 Å². The molecule has 1 saturated heterocycles. The Bertz CT molecular complexity index is 348. The van der Waals surface area contributed by atoms with E-state index < -0.39 is 0 Å². The summed E-state index contributed by atoms with van der Waals surface area (Å²) in [6.07, 6.45) is 0.344. The van der Waals surface area contributed by atoms with E-state index in [1.54, 1.807) is 0 Å². The number of benzene rings is 1. The highest BCUT2D eigenvalue weighted by Gasteiger charge is 2.25. The molecule has 1 unspecified atom stereocenters. The van der Waals surface area contributed by atoms with Crippen molar-refractivity contribution in [2.75, 3.05) is 26.7 Å². The number of hydrogen-bond donors (Lipinski definition) is 1. The lowest BCUT2D eigenvalue weighted by Gasteiger charge is -2.36. The number of para-hydroxylation sites is 1. The molecule has 1 aliphatic rings. The number of nitrogens with two attached hydrogens (primary N) is 1. The molecule has 0 radical (unpaired) electrons. The number of likely N-dealkylation sites (N-methyl/N-ethyl adjacent to an activating group) is 1. The van der Waals surface area contributed by atoms with E-state index >= 15 is 0 Å². The first-order chi connectivity index (χ1) is 7.70. The standard InChI is InChI=1S/C13H20N2O/c1-10(7-14)12-5-3-4-6-13(12)16-11-8-15(2)9-11/h3-6,10-11H,7-9,14H2,1-2H3. The van der Waals surface area contributed by atoms with Gasteiger partial charge in [0.05, 0.1) is 0 Å². The minimum absolute atomic E-state index is 0.344. The molecule has 0 aliphatic carbocycles. The third-order valence-electron chi connectivity index (χ3n) is 3.13. The molecule has 2 N–H and O–H groups in total. The number of ether oxygens (including phenoxy) is 1. The molecule has 0 aromatic heterocycles. The van der Waals surface area contributed by atoms with Gasteiger partial charge in [-0.05, 0) is 31.1 Å². The predicted molar refractivity (Wildman–Crippen MR) is 65.8 cm³/mol. The van der Waals surface area contributed by atoms with Crippen LogP contribution in [0, 0.1) is 0 Å². The van der Waals surface area contributed by atoms with E-state index in [0.717, 1.165) is 18.8 Å².